The van der Waals surface area contributed by atoms with Crippen LogP contribution in [0.4, 0.5) is 11.4 Å². The molecule has 0 saturated heterocycles. The lowest BCUT2D eigenvalue weighted by atomic mass is 10.3. The van der Waals surface area contributed by atoms with E-state index in [0.29, 0.717) is 4.31 Å². The number of nitro benzene ring substituents is 1. The van der Waals surface area contributed by atoms with Gasteiger partial charge < -0.3 is 4.74 Å². The molecule has 0 aliphatic rings. The van der Waals surface area contributed by atoms with Gasteiger partial charge in [-0.25, -0.2) is 8.42 Å². The minimum absolute atomic E-state index is 0.00386. The molecule has 0 bridgehead atoms. The van der Waals surface area contributed by atoms with E-state index in [2.05, 4.69) is 0 Å². The summed E-state index contributed by atoms with van der Waals surface area (Å²) in [5.41, 5.74) is -0.562. The largest absolute Gasteiger partial charge is 0.465 e. The fourth-order valence-electron chi connectivity index (χ4n) is 2.21. The number of hydrogen-bond acceptors (Lipinski definition) is 6. The van der Waals surface area contributed by atoms with E-state index < -0.39 is 38.0 Å². The van der Waals surface area contributed by atoms with Crippen LogP contribution in [0.2, 0.25) is 15.1 Å². The Morgan fingerprint density at radius 1 is 1.14 bits per heavy atom. The molecule has 0 radical (unpaired) electrons. The summed E-state index contributed by atoms with van der Waals surface area (Å²) in [6.45, 7) is 0.860. The summed E-state index contributed by atoms with van der Waals surface area (Å²) in [4.78, 5) is 21.8. The normalized spacial score (nSPS) is 11.1. The van der Waals surface area contributed by atoms with Gasteiger partial charge in [-0.05, 0) is 25.1 Å². The Bertz CT molecular complexity index is 1030. The van der Waals surface area contributed by atoms with Crippen LogP contribution in [0.3, 0.4) is 0 Å². The molecule has 0 aliphatic carbocycles. The molecule has 0 aromatic heterocycles. The molecule has 0 amide bonds. The lowest BCUT2D eigenvalue weighted by molar-refractivity contribution is -0.385. The smallest absolute Gasteiger partial charge is 0.326 e. The Hall–Kier alpha value is -2.07. The first-order chi connectivity index (χ1) is 13.1. The molecule has 12 heteroatoms. The number of ether oxygens (including phenoxy) is 1. The summed E-state index contributed by atoms with van der Waals surface area (Å²) >= 11 is 18.0. The van der Waals surface area contributed by atoms with Gasteiger partial charge in [0, 0.05) is 12.1 Å². The van der Waals surface area contributed by atoms with Gasteiger partial charge in [0.15, 0.2) is 0 Å². The maximum atomic E-state index is 13.2. The van der Waals surface area contributed by atoms with Crippen molar-refractivity contribution in [2.45, 2.75) is 11.8 Å². The average Bonchev–Trinajstić information content (AvgIpc) is 2.63. The number of anilines is 1. The van der Waals surface area contributed by atoms with E-state index in [1.54, 1.807) is 6.92 Å². The molecule has 0 heterocycles. The van der Waals surface area contributed by atoms with Crippen molar-refractivity contribution in [1.82, 2.24) is 0 Å². The van der Waals surface area contributed by atoms with Gasteiger partial charge >= 0.3 is 5.97 Å². The Labute approximate surface area is 175 Å². The van der Waals surface area contributed by atoms with Crippen molar-refractivity contribution >= 4 is 62.2 Å². The molecule has 28 heavy (non-hydrogen) atoms. The van der Waals surface area contributed by atoms with Crippen LogP contribution in [0.25, 0.3) is 0 Å². The monoisotopic (exact) mass is 466 g/mol. The van der Waals surface area contributed by atoms with Crippen LogP contribution in [0.5, 0.6) is 0 Å². The van der Waals surface area contributed by atoms with Crippen LogP contribution in [0, 0.1) is 10.1 Å². The van der Waals surface area contributed by atoms with Crippen molar-refractivity contribution in [1.29, 1.82) is 0 Å². The van der Waals surface area contributed by atoms with Gasteiger partial charge in [0.1, 0.15) is 6.54 Å². The van der Waals surface area contributed by atoms with Crippen LogP contribution in [0.15, 0.2) is 41.3 Å². The SMILES string of the molecule is CCOC(=O)CN(c1cc(Cl)c(Cl)cc1Cl)S(=O)(=O)c1cccc([N+](=O)[O-])c1. The number of hydrogen-bond donors (Lipinski definition) is 0. The van der Waals surface area contributed by atoms with Crippen molar-refractivity contribution in [2.24, 2.45) is 0 Å². The zero-order valence-corrected chi connectivity index (χ0v) is 17.3. The van der Waals surface area contributed by atoms with Crippen LogP contribution in [0.1, 0.15) is 6.92 Å². The molecule has 0 aliphatic heterocycles. The molecule has 150 valence electrons. The first kappa shape index (κ1) is 22.2. The summed E-state index contributed by atoms with van der Waals surface area (Å²) < 4.78 is 31.8. The molecular formula is C16H13Cl3N2O6S. The van der Waals surface area contributed by atoms with E-state index in [1.807, 2.05) is 0 Å². The first-order valence-corrected chi connectivity index (χ1v) is 10.2. The summed E-state index contributed by atoms with van der Waals surface area (Å²) in [5.74, 6) is -0.848. The predicted octanol–water partition coefficient (Wildman–Crippen LogP) is 4.31. The summed E-state index contributed by atoms with van der Waals surface area (Å²) in [7, 11) is -4.43. The number of carbonyl (C=O) groups is 1. The molecule has 0 fully saturated rings. The molecule has 2 aromatic carbocycles. The second kappa shape index (κ2) is 8.95. The molecule has 2 aromatic rings. The topological polar surface area (TPSA) is 107 Å². The van der Waals surface area contributed by atoms with Gasteiger partial charge in [0.05, 0.1) is 37.2 Å². The number of non-ortho nitro benzene ring substituents is 1. The zero-order valence-electron chi connectivity index (χ0n) is 14.3. The fraction of sp³-hybridized carbons (Fsp3) is 0.188. The van der Waals surface area contributed by atoms with E-state index in [0.717, 1.165) is 18.2 Å². The van der Waals surface area contributed by atoms with Crippen molar-refractivity contribution in [3.05, 3.63) is 61.6 Å². The van der Waals surface area contributed by atoms with E-state index in [9.17, 15) is 23.3 Å². The number of halogens is 3. The second-order valence-corrected chi connectivity index (χ2v) is 8.37. The van der Waals surface area contributed by atoms with E-state index in [1.165, 1.54) is 18.2 Å². The van der Waals surface area contributed by atoms with Gasteiger partial charge in [-0.15, -0.1) is 0 Å². The van der Waals surface area contributed by atoms with Crippen molar-refractivity contribution in [3.8, 4) is 0 Å². The van der Waals surface area contributed by atoms with E-state index in [4.69, 9.17) is 39.5 Å². The van der Waals surface area contributed by atoms with Crippen LogP contribution >= 0.6 is 34.8 Å². The van der Waals surface area contributed by atoms with Crippen molar-refractivity contribution < 1.29 is 22.9 Å². The maximum absolute atomic E-state index is 13.2. The molecule has 8 nitrogen and oxygen atoms in total. The Morgan fingerprint density at radius 2 is 1.79 bits per heavy atom. The maximum Gasteiger partial charge on any atom is 0.326 e. The highest BCUT2D eigenvalue weighted by Gasteiger charge is 2.31. The Balaban J connectivity index is 2.64. The number of nitrogens with zero attached hydrogens (tertiary/aromatic N) is 2. The lowest BCUT2D eigenvalue weighted by Crippen LogP contribution is -2.37. The number of carbonyl (C=O) groups excluding carboxylic acids is 1. The molecular weight excluding hydrogens is 455 g/mol. The van der Waals surface area contributed by atoms with Gasteiger partial charge in [-0.3, -0.25) is 19.2 Å². The van der Waals surface area contributed by atoms with Gasteiger partial charge in [0.2, 0.25) is 0 Å². The van der Waals surface area contributed by atoms with E-state index in [-0.39, 0.29) is 27.4 Å². The Morgan fingerprint density at radius 3 is 2.39 bits per heavy atom. The quantitative estimate of drug-likeness (QED) is 0.260. The highest BCUT2D eigenvalue weighted by molar-refractivity contribution is 7.92. The van der Waals surface area contributed by atoms with Crippen LogP contribution in [-0.2, 0) is 19.6 Å². The standard InChI is InChI=1S/C16H13Cl3N2O6S/c1-2-27-16(22)9-20(15-8-13(18)12(17)7-14(15)19)28(25,26)11-5-3-4-10(6-11)21(23)24/h3-8H,2,9H2,1H3. The minimum Gasteiger partial charge on any atom is -0.465 e. The van der Waals surface area contributed by atoms with Gasteiger partial charge in [-0.2, -0.15) is 0 Å². The predicted molar refractivity (Wildman–Crippen MR) is 106 cm³/mol. The molecule has 0 unspecified atom stereocenters. The van der Waals surface area contributed by atoms with Crippen molar-refractivity contribution in [2.75, 3.05) is 17.5 Å². The van der Waals surface area contributed by atoms with Crippen molar-refractivity contribution in [3.63, 3.8) is 0 Å². The minimum atomic E-state index is -4.43. The number of esters is 1. The highest BCUT2D eigenvalue weighted by Crippen LogP contribution is 2.37. The molecule has 0 saturated carbocycles. The highest BCUT2D eigenvalue weighted by atomic mass is 35.5. The summed E-state index contributed by atoms with van der Waals surface area (Å²) in [6.07, 6.45) is 0. The number of nitro groups is 1. The van der Waals surface area contributed by atoms with Crippen LogP contribution in [-0.4, -0.2) is 32.5 Å². The third kappa shape index (κ3) is 4.85. The molecule has 2 rings (SSSR count). The molecule has 0 N–H and O–H groups in total. The lowest BCUT2D eigenvalue weighted by Gasteiger charge is -2.25. The first-order valence-electron chi connectivity index (χ1n) is 7.65. The number of sulfonamides is 1. The molecule has 0 spiro atoms. The number of rotatable bonds is 7. The van der Waals surface area contributed by atoms with E-state index >= 15 is 0 Å². The third-order valence-corrected chi connectivity index (χ3v) is 6.23. The number of benzene rings is 2. The molecule has 0 atom stereocenters. The summed E-state index contributed by atoms with van der Waals surface area (Å²) in [6, 6.07) is 6.79. The fourth-order valence-corrected chi connectivity index (χ4v) is 4.36. The van der Waals surface area contributed by atoms with Gasteiger partial charge in [-0.1, -0.05) is 40.9 Å². The third-order valence-electron chi connectivity index (χ3n) is 3.45. The van der Waals surface area contributed by atoms with Crippen LogP contribution < -0.4 is 4.31 Å². The summed E-state index contributed by atoms with van der Waals surface area (Å²) in [5, 5.41) is 11.0. The Kier molecular flexibility index (Phi) is 7.11. The van der Waals surface area contributed by atoms with Gasteiger partial charge in [0.25, 0.3) is 15.7 Å². The second-order valence-electron chi connectivity index (χ2n) is 5.29. The zero-order chi connectivity index (χ0) is 21.1. The average molecular weight is 468 g/mol.